The van der Waals surface area contributed by atoms with E-state index in [0.29, 0.717) is 0 Å². The summed E-state index contributed by atoms with van der Waals surface area (Å²) < 4.78 is 0. The van der Waals surface area contributed by atoms with Gasteiger partial charge < -0.3 is 9.80 Å². The predicted molar refractivity (Wildman–Crippen MR) is 64.2 cm³/mol. The van der Waals surface area contributed by atoms with Gasteiger partial charge in [-0.15, -0.1) is 0 Å². The van der Waals surface area contributed by atoms with E-state index in [4.69, 9.17) is 4.99 Å². The summed E-state index contributed by atoms with van der Waals surface area (Å²) in [6, 6.07) is 0. The Morgan fingerprint density at radius 2 is 1.40 bits per heavy atom. The normalized spacial score (nSPS) is 21.1. The van der Waals surface area contributed by atoms with Crippen LogP contribution in [0.4, 0.5) is 0 Å². The van der Waals surface area contributed by atoms with Crippen molar-refractivity contribution in [3.8, 4) is 0 Å². The fraction of sp³-hybridized carbons (Fsp3) is 0.917. The number of hydrogen-bond donors (Lipinski definition) is 0. The molecule has 0 radical (unpaired) electrons. The minimum absolute atomic E-state index is 0.988. The number of likely N-dealkylation sites (tertiary alicyclic amines) is 2. The van der Waals surface area contributed by atoms with Gasteiger partial charge in [0.05, 0.1) is 0 Å². The first-order valence-corrected chi connectivity index (χ1v) is 6.46. The average Bonchev–Trinajstić information content (AvgIpc) is 2.90. The zero-order valence-electron chi connectivity index (χ0n) is 9.91. The van der Waals surface area contributed by atoms with Gasteiger partial charge in [-0.1, -0.05) is 6.92 Å². The molecule has 3 heteroatoms. The van der Waals surface area contributed by atoms with Crippen LogP contribution in [-0.2, 0) is 0 Å². The van der Waals surface area contributed by atoms with E-state index in [1.165, 1.54) is 57.8 Å². The predicted octanol–water partition coefficient (Wildman–Crippen LogP) is 1.94. The highest BCUT2D eigenvalue weighted by atomic mass is 15.4. The van der Waals surface area contributed by atoms with Crippen molar-refractivity contribution < 1.29 is 0 Å². The van der Waals surface area contributed by atoms with Crippen LogP contribution in [0, 0.1) is 0 Å². The highest BCUT2D eigenvalue weighted by molar-refractivity contribution is 5.80. The molecule has 0 bridgehead atoms. The lowest BCUT2D eigenvalue weighted by Gasteiger charge is -2.28. The summed E-state index contributed by atoms with van der Waals surface area (Å²) in [5.74, 6) is 1.30. The standard InChI is InChI=1S/C12H23N3/c1-2-7-13-12(14-8-3-4-9-14)15-10-5-6-11-15/h2-11H2,1H3. The fourth-order valence-electron chi connectivity index (χ4n) is 2.45. The van der Waals surface area contributed by atoms with Crippen molar-refractivity contribution in [3.63, 3.8) is 0 Å². The maximum atomic E-state index is 4.77. The SMILES string of the molecule is CCCN=C(N1CCCC1)N1CCCC1. The van der Waals surface area contributed by atoms with Gasteiger partial charge in [0.2, 0.25) is 0 Å². The lowest BCUT2D eigenvalue weighted by atomic mass is 10.4. The van der Waals surface area contributed by atoms with Crippen molar-refractivity contribution in [2.45, 2.75) is 39.0 Å². The largest absolute Gasteiger partial charge is 0.343 e. The number of nitrogens with zero attached hydrogens (tertiary/aromatic N) is 3. The highest BCUT2D eigenvalue weighted by Crippen LogP contribution is 2.15. The molecule has 2 aliphatic heterocycles. The third-order valence-electron chi connectivity index (χ3n) is 3.25. The van der Waals surface area contributed by atoms with Crippen molar-refractivity contribution in [3.05, 3.63) is 0 Å². The van der Waals surface area contributed by atoms with Crippen molar-refractivity contribution >= 4 is 5.96 Å². The molecule has 86 valence electrons. The molecule has 0 spiro atoms. The molecule has 0 aromatic carbocycles. The Morgan fingerprint density at radius 1 is 0.933 bits per heavy atom. The van der Waals surface area contributed by atoms with E-state index in [9.17, 15) is 0 Å². The van der Waals surface area contributed by atoms with Gasteiger partial charge >= 0.3 is 0 Å². The lowest BCUT2D eigenvalue weighted by Crippen LogP contribution is -2.41. The van der Waals surface area contributed by atoms with Gasteiger partial charge in [-0.05, 0) is 32.1 Å². The second-order valence-electron chi connectivity index (χ2n) is 4.57. The summed E-state index contributed by atoms with van der Waals surface area (Å²) in [5, 5.41) is 0. The summed E-state index contributed by atoms with van der Waals surface area (Å²) >= 11 is 0. The Hall–Kier alpha value is -0.730. The Morgan fingerprint density at radius 3 is 1.80 bits per heavy atom. The average molecular weight is 209 g/mol. The summed E-state index contributed by atoms with van der Waals surface area (Å²) in [5.41, 5.74) is 0. The van der Waals surface area contributed by atoms with Crippen LogP contribution in [0.5, 0.6) is 0 Å². The summed E-state index contributed by atoms with van der Waals surface area (Å²) in [7, 11) is 0. The molecule has 15 heavy (non-hydrogen) atoms. The molecule has 0 aromatic rings. The van der Waals surface area contributed by atoms with Crippen LogP contribution in [0.15, 0.2) is 4.99 Å². The van der Waals surface area contributed by atoms with Crippen molar-refractivity contribution in [2.75, 3.05) is 32.7 Å². The fourth-order valence-corrected chi connectivity index (χ4v) is 2.45. The van der Waals surface area contributed by atoms with E-state index in [1.54, 1.807) is 0 Å². The molecule has 0 saturated carbocycles. The Kier molecular flexibility index (Phi) is 3.87. The molecule has 0 unspecified atom stereocenters. The summed E-state index contributed by atoms with van der Waals surface area (Å²) in [4.78, 5) is 9.75. The zero-order valence-corrected chi connectivity index (χ0v) is 9.91. The van der Waals surface area contributed by atoms with Crippen molar-refractivity contribution in [1.82, 2.24) is 9.80 Å². The first-order chi connectivity index (χ1) is 7.42. The van der Waals surface area contributed by atoms with E-state index in [1.807, 2.05) is 0 Å². The molecule has 0 atom stereocenters. The number of aliphatic imine (C=N–C) groups is 1. The van der Waals surface area contributed by atoms with Gasteiger partial charge in [0.15, 0.2) is 5.96 Å². The molecular formula is C12H23N3. The molecular weight excluding hydrogens is 186 g/mol. The van der Waals surface area contributed by atoms with E-state index < -0.39 is 0 Å². The van der Waals surface area contributed by atoms with Gasteiger partial charge in [-0.2, -0.15) is 0 Å². The molecule has 0 aromatic heterocycles. The van der Waals surface area contributed by atoms with Crippen molar-refractivity contribution in [2.24, 2.45) is 4.99 Å². The molecule has 0 N–H and O–H groups in total. The topological polar surface area (TPSA) is 18.8 Å². The molecule has 2 heterocycles. The molecule has 2 rings (SSSR count). The van der Waals surface area contributed by atoms with Gasteiger partial charge in [0.25, 0.3) is 0 Å². The summed E-state index contributed by atoms with van der Waals surface area (Å²) in [6.45, 7) is 8.08. The van der Waals surface area contributed by atoms with E-state index in [2.05, 4.69) is 16.7 Å². The van der Waals surface area contributed by atoms with Crippen LogP contribution in [0.25, 0.3) is 0 Å². The maximum Gasteiger partial charge on any atom is 0.196 e. The maximum absolute atomic E-state index is 4.77. The first-order valence-electron chi connectivity index (χ1n) is 6.46. The Bertz CT molecular complexity index is 195. The van der Waals surface area contributed by atoms with Crippen molar-refractivity contribution in [1.29, 1.82) is 0 Å². The quantitative estimate of drug-likeness (QED) is 0.511. The van der Waals surface area contributed by atoms with E-state index in [0.717, 1.165) is 13.0 Å². The Balaban J connectivity index is 2.00. The minimum atomic E-state index is 0.988. The van der Waals surface area contributed by atoms with E-state index >= 15 is 0 Å². The zero-order chi connectivity index (χ0) is 10.5. The van der Waals surface area contributed by atoms with Crippen LogP contribution < -0.4 is 0 Å². The Labute approximate surface area is 93.2 Å². The third kappa shape index (κ3) is 2.64. The minimum Gasteiger partial charge on any atom is -0.343 e. The lowest BCUT2D eigenvalue weighted by molar-refractivity contribution is 0.392. The molecule has 3 nitrogen and oxygen atoms in total. The number of rotatable bonds is 2. The van der Waals surface area contributed by atoms with Gasteiger partial charge in [-0.3, -0.25) is 4.99 Å². The van der Waals surface area contributed by atoms with Crippen LogP contribution in [0.3, 0.4) is 0 Å². The molecule has 0 amide bonds. The molecule has 2 aliphatic rings. The van der Waals surface area contributed by atoms with Crippen LogP contribution in [0.2, 0.25) is 0 Å². The van der Waals surface area contributed by atoms with Gasteiger partial charge in [0, 0.05) is 32.7 Å². The van der Waals surface area contributed by atoms with Gasteiger partial charge in [-0.25, -0.2) is 0 Å². The smallest absolute Gasteiger partial charge is 0.196 e. The second-order valence-corrected chi connectivity index (χ2v) is 4.57. The van der Waals surface area contributed by atoms with Gasteiger partial charge in [0.1, 0.15) is 0 Å². The third-order valence-corrected chi connectivity index (χ3v) is 3.25. The van der Waals surface area contributed by atoms with E-state index in [-0.39, 0.29) is 0 Å². The highest BCUT2D eigenvalue weighted by Gasteiger charge is 2.23. The number of guanidine groups is 1. The van der Waals surface area contributed by atoms with Crippen LogP contribution in [-0.4, -0.2) is 48.5 Å². The first kappa shape index (κ1) is 10.8. The van der Waals surface area contributed by atoms with Crippen LogP contribution in [0.1, 0.15) is 39.0 Å². The monoisotopic (exact) mass is 209 g/mol. The second kappa shape index (κ2) is 5.38. The molecule has 0 aliphatic carbocycles. The molecule has 2 fully saturated rings. The van der Waals surface area contributed by atoms with Crippen LogP contribution >= 0.6 is 0 Å². The number of hydrogen-bond acceptors (Lipinski definition) is 1. The molecule has 2 saturated heterocycles. The summed E-state index contributed by atoms with van der Waals surface area (Å²) in [6.07, 6.45) is 6.54.